The number of ether oxygens (including phenoxy) is 2. The van der Waals surface area contributed by atoms with Crippen LogP contribution in [0.25, 0.3) is 0 Å². The van der Waals surface area contributed by atoms with Crippen molar-refractivity contribution in [2.45, 2.75) is 109 Å². The van der Waals surface area contributed by atoms with Gasteiger partial charge in [0.15, 0.2) is 0 Å². The molecule has 0 N–H and O–H groups in total. The lowest BCUT2D eigenvalue weighted by atomic mass is 10.1. The predicted molar refractivity (Wildman–Crippen MR) is 156 cm³/mol. The number of allylic oxidation sites excluding steroid dienone is 2. The minimum absolute atomic E-state index is 0.196. The number of hydrogen-bond donors (Lipinski definition) is 0. The highest BCUT2D eigenvalue weighted by Crippen LogP contribution is 2.12. The van der Waals surface area contributed by atoms with Crippen molar-refractivity contribution in [2.24, 2.45) is 0 Å². The molecule has 9 heteroatoms. The van der Waals surface area contributed by atoms with Crippen molar-refractivity contribution < 1.29 is 36.5 Å². The normalized spacial score (nSPS) is 11.7. The molecule has 228 valence electrons. The van der Waals surface area contributed by atoms with Crippen LogP contribution in [0.2, 0.25) is 0 Å². The molecule has 39 heavy (non-hydrogen) atoms. The third-order valence-electron chi connectivity index (χ3n) is 6.96. The largest absolute Gasteiger partial charge is 0.748 e. The topological polar surface area (TPSA) is 110 Å². The third-order valence-corrected chi connectivity index (χ3v) is 7.75. The Bertz CT molecular complexity index is 725. The van der Waals surface area contributed by atoms with Crippen LogP contribution in [-0.2, 0) is 29.2 Å². The Kier molecular flexibility index (Phi) is 23.1. The molecular formula is C30H55NO7S. The number of carbonyl (C=O) groups excluding carboxylic acids is 2. The Labute approximate surface area is 238 Å². The van der Waals surface area contributed by atoms with Crippen molar-refractivity contribution in [1.29, 1.82) is 0 Å². The van der Waals surface area contributed by atoms with E-state index in [2.05, 4.69) is 13.2 Å². The molecule has 0 radical (unpaired) electrons. The summed E-state index contributed by atoms with van der Waals surface area (Å²) >= 11 is 0. The lowest BCUT2D eigenvalue weighted by Gasteiger charge is -2.34. The molecule has 0 saturated heterocycles. The molecule has 0 aliphatic carbocycles. The molecule has 0 aromatic rings. The maximum Gasteiger partial charge on any atom is 0.305 e. The Hall–Kier alpha value is -1.71. The number of nitrogens with zero attached hydrogens (tertiary/aromatic N) is 1. The van der Waals surface area contributed by atoms with E-state index in [1.807, 2.05) is 19.2 Å². The first-order chi connectivity index (χ1) is 18.6. The van der Waals surface area contributed by atoms with E-state index in [-0.39, 0.29) is 31.6 Å². The molecule has 0 heterocycles. The molecule has 0 rings (SSSR count). The molecule has 0 amide bonds. The zero-order chi connectivity index (χ0) is 29.2. The first-order valence-corrected chi connectivity index (χ1v) is 16.5. The molecule has 0 atom stereocenters. The summed E-state index contributed by atoms with van der Waals surface area (Å²) in [6.45, 7) is 9.16. The average molecular weight is 574 g/mol. The zero-order valence-corrected chi connectivity index (χ0v) is 25.4. The summed E-state index contributed by atoms with van der Waals surface area (Å²) < 4.78 is 44.3. The fourth-order valence-electron chi connectivity index (χ4n) is 4.39. The van der Waals surface area contributed by atoms with E-state index < -0.39 is 15.9 Å². The van der Waals surface area contributed by atoms with E-state index in [0.29, 0.717) is 37.0 Å². The summed E-state index contributed by atoms with van der Waals surface area (Å²) in [7, 11) is -2.40. The van der Waals surface area contributed by atoms with Crippen LogP contribution in [0, 0.1) is 0 Å². The van der Waals surface area contributed by atoms with Crippen molar-refractivity contribution in [3.05, 3.63) is 25.3 Å². The quantitative estimate of drug-likeness (QED) is 0.0367. The van der Waals surface area contributed by atoms with Gasteiger partial charge in [0.25, 0.3) is 0 Å². The highest BCUT2D eigenvalue weighted by molar-refractivity contribution is 7.85. The van der Waals surface area contributed by atoms with Gasteiger partial charge in [0.05, 0.1) is 23.7 Å². The van der Waals surface area contributed by atoms with Crippen LogP contribution in [0.15, 0.2) is 25.3 Å². The molecule has 0 unspecified atom stereocenters. The molecular weight excluding hydrogens is 518 g/mol. The van der Waals surface area contributed by atoms with Gasteiger partial charge in [0.2, 0.25) is 0 Å². The molecule has 0 aromatic carbocycles. The molecule has 0 fully saturated rings. The molecule has 0 aliphatic heterocycles. The van der Waals surface area contributed by atoms with E-state index in [4.69, 9.17) is 9.47 Å². The molecule has 0 bridgehead atoms. The van der Waals surface area contributed by atoms with Crippen LogP contribution >= 0.6 is 0 Å². The molecule has 0 spiro atoms. The van der Waals surface area contributed by atoms with Crippen LogP contribution in [0.4, 0.5) is 0 Å². The third kappa shape index (κ3) is 26.3. The number of esters is 2. The van der Waals surface area contributed by atoms with Gasteiger partial charge in [-0.2, -0.15) is 0 Å². The summed E-state index contributed by atoms with van der Waals surface area (Å²) in [6, 6.07) is 0. The summed E-state index contributed by atoms with van der Waals surface area (Å²) in [4.78, 5) is 24.3. The monoisotopic (exact) mass is 573 g/mol. The fourth-order valence-corrected chi connectivity index (χ4v) is 4.88. The maximum atomic E-state index is 12.1. The summed E-state index contributed by atoms with van der Waals surface area (Å²) in [6.07, 6.45) is 19.8. The Morgan fingerprint density at radius 3 is 1.44 bits per heavy atom. The summed E-state index contributed by atoms with van der Waals surface area (Å²) in [5.41, 5.74) is 0. The second-order valence-electron chi connectivity index (χ2n) is 10.7. The summed E-state index contributed by atoms with van der Waals surface area (Å²) in [5, 5.41) is 0. The first-order valence-electron chi connectivity index (χ1n) is 14.9. The predicted octanol–water partition coefficient (Wildman–Crippen LogP) is 6.07. The van der Waals surface area contributed by atoms with Crippen molar-refractivity contribution in [3.63, 3.8) is 0 Å². The molecule has 0 aromatic heterocycles. The first kappa shape index (κ1) is 37.3. The van der Waals surface area contributed by atoms with Crippen LogP contribution in [-0.4, -0.2) is 75.0 Å². The lowest BCUT2D eigenvalue weighted by molar-refractivity contribution is -0.909. The van der Waals surface area contributed by atoms with Gasteiger partial charge in [0, 0.05) is 25.0 Å². The van der Waals surface area contributed by atoms with Crippen LogP contribution in [0.1, 0.15) is 109 Å². The van der Waals surface area contributed by atoms with E-state index in [1.165, 1.54) is 38.5 Å². The molecule has 0 aliphatic rings. The van der Waals surface area contributed by atoms with Gasteiger partial charge in [-0.25, -0.2) is 8.42 Å². The van der Waals surface area contributed by atoms with Gasteiger partial charge < -0.3 is 18.5 Å². The Morgan fingerprint density at radius 2 is 1.05 bits per heavy atom. The highest BCUT2D eigenvalue weighted by Gasteiger charge is 2.23. The summed E-state index contributed by atoms with van der Waals surface area (Å²) in [5.74, 6) is -0.910. The number of rotatable bonds is 28. The smallest absolute Gasteiger partial charge is 0.305 e. The number of hydrogen-bond acceptors (Lipinski definition) is 7. The second kappa shape index (κ2) is 24.1. The molecule has 8 nitrogen and oxygen atoms in total. The van der Waals surface area contributed by atoms with E-state index in [1.54, 1.807) is 0 Å². The number of unbranched alkanes of at least 4 members (excludes halogenated alkanes) is 12. The Balaban J connectivity index is 4.29. The number of carbonyl (C=O) groups is 2. The minimum atomic E-state index is -4.30. The van der Waals surface area contributed by atoms with Gasteiger partial charge in [-0.05, 0) is 38.5 Å². The Morgan fingerprint density at radius 1 is 0.667 bits per heavy atom. The number of likely N-dealkylation sites (N-methyl/N-ethyl adjacent to an activating group) is 1. The van der Waals surface area contributed by atoms with Crippen LogP contribution in [0.3, 0.4) is 0 Å². The van der Waals surface area contributed by atoms with Crippen molar-refractivity contribution in [2.75, 3.05) is 45.6 Å². The zero-order valence-electron chi connectivity index (χ0n) is 24.5. The van der Waals surface area contributed by atoms with E-state index >= 15 is 0 Å². The standard InChI is InChI=1S/C30H55NO7S/c1-4-6-8-10-12-14-16-18-21-29(32)37-26-24-31(3,23-20-28-39(34,35)36)25-27-38-30(33)22-19-17-15-13-11-9-7-5-2/h4-5H,1-2,6-28H2,3H3. The van der Waals surface area contributed by atoms with Crippen LogP contribution < -0.4 is 0 Å². The second-order valence-corrected chi connectivity index (χ2v) is 12.3. The van der Waals surface area contributed by atoms with Crippen molar-refractivity contribution >= 4 is 22.1 Å². The highest BCUT2D eigenvalue weighted by atomic mass is 32.2. The van der Waals surface area contributed by atoms with Gasteiger partial charge in [-0.3, -0.25) is 9.59 Å². The lowest BCUT2D eigenvalue weighted by Crippen LogP contribution is -2.50. The average Bonchev–Trinajstić information content (AvgIpc) is 2.86. The maximum absolute atomic E-state index is 12.1. The van der Waals surface area contributed by atoms with Crippen molar-refractivity contribution in [3.8, 4) is 0 Å². The molecule has 0 saturated carbocycles. The van der Waals surface area contributed by atoms with E-state index in [0.717, 1.165) is 51.4 Å². The minimum Gasteiger partial charge on any atom is -0.748 e. The van der Waals surface area contributed by atoms with Gasteiger partial charge in [-0.1, -0.05) is 63.5 Å². The van der Waals surface area contributed by atoms with E-state index in [9.17, 15) is 22.6 Å². The van der Waals surface area contributed by atoms with Gasteiger partial charge in [0.1, 0.15) is 26.3 Å². The van der Waals surface area contributed by atoms with Gasteiger partial charge in [-0.15, -0.1) is 13.2 Å². The number of quaternary nitrogens is 1. The van der Waals surface area contributed by atoms with Crippen molar-refractivity contribution in [1.82, 2.24) is 0 Å². The fraction of sp³-hybridized carbons (Fsp3) is 0.800. The SMILES string of the molecule is C=CCCCCCCCCC(=O)OCC[N+](C)(CCCS(=O)(=O)[O-])CCOC(=O)CCCCCCCCC=C. The van der Waals surface area contributed by atoms with Gasteiger partial charge >= 0.3 is 11.9 Å². The van der Waals surface area contributed by atoms with Crippen LogP contribution in [0.5, 0.6) is 0 Å².